The molecule has 6 aromatic rings. The lowest BCUT2D eigenvalue weighted by atomic mass is 10.1. The largest absolute Gasteiger partial charge is 0.399 e. The van der Waals surface area contributed by atoms with Crippen LogP contribution in [0.25, 0.3) is 43.9 Å². The van der Waals surface area contributed by atoms with E-state index in [0.717, 1.165) is 54.3 Å². The van der Waals surface area contributed by atoms with Gasteiger partial charge in [0.2, 0.25) is 0 Å². The molecule has 2 aliphatic rings. The van der Waals surface area contributed by atoms with Gasteiger partial charge in [0.25, 0.3) is 0 Å². The summed E-state index contributed by atoms with van der Waals surface area (Å²) < 4.78 is 61.4. The van der Waals surface area contributed by atoms with E-state index in [1.54, 1.807) is 0 Å². The molecule has 328 valence electrons. The Kier molecular flexibility index (Phi) is 11.8. The van der Waals surface area contributed by atoms with Gasteiger partial charge in [-0.25, -0.2) is 0 Å². The summed E-state index contributed by atoms with van der Waals surface area (Å²) in [7, 11) is -11.9. The Bertz CT molecular complexity index is 2550. The molecule has 5 atom stereocenters. The number of rotatable bonds is 10. The van der Waals surface area contributed by atoms with Gasteiger partial charge in [-0.2, -0.15) is 0 Å². The number of ether oxygens (including phenoxy) is 3. The molecule has 0 spiro atoms. The van der Waals surface area contributed by atoms with Gasteiger partial charge in [-0.05, 0) is 34.6 Å². The minimum Gasteiger partial charge on any atom is -0.399 e. The smallest absolute Gasteiger partial charge is 0.387 e. The molecule has 4 heterocycles. The molecule has 0 saturated carbocycles. The lowest BCUT2D eigenvalue weighted by Crippen LogP contribution is -2.47. The van der Waals surface area contributed by atoms with Crippen LogP contribution in [0, 0.1) is 0 Å². The van der Waals surface area contributed by atoms with Crippen molar-refractivity contribution in [1.29, 1.82) is 0 Å². The van der Waals surface area contributed by atoms with E-state index in [0.29, 0.717) is 0 Å². The predicted molar refractivity (Wildman–Crippen MR) is 261 cm³/mol. The fourth-order valence-corrected chi connectivity index (χ4v) is 17.2. The van der Waals surface area contributed by atoms with Crippen molar-refractivity contribution in [2.75, 3.05) is 6.61 Å². The first kappa shape index (κ1) is 44.9. The highest BCUT2D eigenvalue weighted by Gasteiger charge is 2.58. The van der Waals surface area contributed by atoms with E-state index < -0.39 is 91.9 Å². The van der Waals surface area contributed by atoms with Crippen molar-refractivity contribution in [1.82, 2.24) is 0 Å². The second kappa shape index (κ2) is 16.1. The van der Waals surface area contributed by atoms with E-state index in [4.69, 9.17) is 40.0 Å². The molecule has 10 nitrogen and oxygen atoms in total. The standard InChI is InChI=1S/C45H62O10P2Si4/c1-45(2)48-43-42(55-57-53-39-30(21-17-25-35(39)60(9,10)11)31-22-18-26-36(40(31)54-57)61(12,13)14)41(47-44(43)49-45)32(27-46)50-56-51-37-28(19-15-23-33(37)58(3,4)5)29-20-16-24-34(38(29)52-56)59(6,7)8/h15-26,32,41-44,46H,27H2,1-14H3/t32-,41-,42-,43-,44-/m1/s1. The highest BCUT2D eigenvalue weighted by Crippen LogP contribution is 2.45. The van der Waals surface area contributed by atoms with Gasteiger partial charge in [-0.1, -0.05) is 151 Å². The lowest BCUT2D eigenvalue weighted by molar-refractivity contribution is -0.220. The van der Waals surface area contributed by atoms with Crippen molar-refractivity contribution >= 4 is 113 Å². The first-order chi connectivity index (χ1) is 28.4. The Morgan fingerprint density at radius 3 is 1.26 bits per heavy atom. The Hall–Kier alpha value is -2.69. The molecule has 61 heavy (non-hydrogen) atoms. The highest BCUT2D eigenvalue weighted by atomic mass is 31.1. The van der Waals surface area contributed by atoms with Crippen LogP contribution in [-0.2, 0) is 14.2 Å². The monoisotopic (exact) mass is 936 g/mol. The molecule has 0 unspecified atom stereocenters. The molecule has 8 rings (SSSR count). The molecule has 1 N–H and O–H groups in total. The van der Waals surface area contributed by atoms with Crippen LogP contribution >= 0.6 is 16.5 Å². The number of hydrogen-bond donors (Lipinski definition) is 1. The summed E-state index contributed by atoms with van der Waals surface area (Å²) in [5, 5.41) is 19.9. The zero-order valence-electron chi connectivity index (χ0n) is 38.0. The normalized spacial score (nSPS) is 21.4. The zero-order valence-corrected chi connectivity index (χ0v) is 43.8. The molecule has 2 fully saturated rings. The molecule has 2 aromatic heterocycles. The number of hydrogen-bond acceptors (Lipinski definition) is 10. The quantitative estimate of drug-likeness (QED) is 0.133. The van der Waals surface area contributed by atoms with E-state index >= 15 is 0 Å². The number of aliphatic hydroxyl groups is 1. The molecular weight excluding hydrogens is 875 g/mol. The van der Waals surface area contributed by atoms with Gasteiger partial charge < -0.3 is 36.1 Å². The highest BCUT2D eigenvalue weighted by molar-refractivity contribution is 7.32. The van der Waals surface area contributed by atoms with E-state index in [9.17, 15) is 5.11 Å². The van der Waals surface area contributed by atoms with Gasteiger partial charge in [0.1, 0.15) is 46.7 Å². The number of benzene rings is 4. The maximum absolute atomic E-state index is 11.3. The third kappa shape index (κ3) is 8.78. The van der Waals surface area contributed by atoms with Gasteiger partial charge in [-0.3, -0.25) is 9.05 Å². The van der Waals surface area contributed by atoms with Crippen molar-refractivity contribution in [3.63, 3.8) is 0 Å². The molecule has 0 radical (unpaired) electrons. The average Bonchev–Trinajstić information content (AvgIpc) is 3.48. The van der Waals surface area contributed by atoms with E-state index in [-0.39, 0.29) is 0 Å². The summed E-state index contributed by atoms with van der Waals surface area (Å²) in [4.78, 5) is 0. The molecule has 4 aromatic carbocycles. The zero-order chi connectivity index (χ0) is 44.0. The van der Waals surface area contributed by atoms with Crippen LogP contribution in [0.5, 0.6) is 0 Å². The summed E-state index contributed by atoms with van der Waals surface area (Å²) in [6, 6.07) is 25.5. The minimum atomic E-state index is -2.12. The summed E-state index contributed by atoms with van der Waals surface area (Å²) in [5.74, 6) is -0.948. The summed E-state index contributed by atoms with van der Waals surface area (Å²) in [6.45, 7) is 31.0. The summed E-state index contributed by atoms with van der Waals surface area (Å²) in [5.41, 5.74) is 3.09. The first-order valence-electron chi connectivity index (χ1n) is 21.3. The van der Waals surface area contributed by atoms with Crippen LogP contribution in [0.15, 0.2) is 89.6 Å². The van der Waals surface area contributed by atoms with Crippen molar-refractivity contribution in [2.24, 2.45) is 0 Å². The lowest BCUT2D eigenvalue weighted by Gasteiger charge is -2.28. The van der Waals surface area contributed by atoms with Crippen LogP contribution in [-0.4, -0.2) is 80.5 Å². The summed E-state index contributed by atoms with van der Waals surface area (Å²) >= 11 is 0. The van der Waals surface area contributed by atoms with Gasteiger partial charge >= 0.3 is 16.5 Å². The first-order valence-corrected chi connectivity index (χ1v) is 37.5. The minimum absolute atomic E-state index is 0.422. The topological polar surface area (TPSA) is 119 Å². The molecule has 2 aliphatic heterocycles. The molecule has 0 amide bonds. The molecule has 0 bridgehead atoms. The van der Waals surface area contributed by atoms with Crippen LogP contribution in [0.4, 0.5) is 0 Å². The third-order valence-electron chi connectivity index (χ3n) is 11.5. The van der Waals surface area contributed by atoms with Crippen LogP contribution in [0.2, 0.25) is 78.6 Å². The third-order valence-corrected chi connectivity index (χ3v) is 21.8. The Balaban J connectivity index is 1.31. The number of aliphatic hydroxyl groups excluding tert-OH is 1. The Labute approximate surface area is 365 Å². The fraction of sp³-hybridized carbons (Fsp3) is 0.467. The van der Waals surface area contributed by atoms with Crippen molar-refractivity contribution in [2.45, 2.75) is 129 Å². The van der Waals surface area contributed by atoms with E-state index in [1.807, 2.05) is 13.8 Å². The molecule has 2 saturated heterocycles. The molecular formula is C45H62O10P2Si4. The Morgan fingerprint density at radius 2 is 0.918 bits per heavy atom. The number of fused-ring (bicyclic) bond motifs is 7. The van der Waals surface area contributed by atoms with Gasteiger partial charge in [-0.15, -0.1) is 0 Å². The second-order valence-corrected chi connectivity index (χ2v) is 43.2. The maximum Gasteiger partial charge on any atom is 0.387 e. The predicted octanol–water partition coefficient (Wildman–Crippen LogP) is 10.2. The van der Waals surface area contributed by atoms with Gasteiger partial charge in [0, 0.05) is 21.5 Å². The summed E-state index contributed by atoms with van der Waals surface area (Å²) in [6.07, 6.45) is -4.19. The van der Waals surface area contributed by atoms with E-state index in [1.165, 1.54) is 10.4 Å². The van der Waals surface area contributed by atoms with Gasteiger partial charge in [0.05, 0.1) is 38.9 Å². The molecule has 0 aliphatic carbocycles. The van der Waals surface area contributed by atoms with Crippen LogP contribution in [0.3, 0.4) is 0 Å². The second-order valence-electron chi connectivity index (χ2n) is 21.0. The van der Waals surface area contributed by atoms with Crippen molar-refractivity contribution in [3.05, 3.63) is 72.8 Å². The fourth-order valence-electron chi connectivity index (χ4n) is 8.50. The van der Waals surface area contributed by atoms with E-state index in [2.05, 4.69) is 151 Å². The SMILES string of the molecule is CC1(C)O[C@H]2O[C@H]([C@@H](CO)Op3oc4c([Si](C)(C)C)cccc4c4cccc([Si](C)(C)C)c4o3)[C@@H](Op3oc4c([Si](C)(C)C)cccc4c4cccc([Si](C)(C)C)c4o3)[C@H]2O1. The van der Waals surface area contributed by atoms with Crippen LogP contribution in [0.1, 0.15) is 13.8 Å². The van der Waals surface area contributed by atoms with Gasteiger partial charge in [0.15, 0.2) is 12.1 Å². The average molecular weight is 937 g/mol. The molecule has 16 heteroatoms. The van der Waals surface area contributed by atoms with Crippen molar-refractivity contribution < 1.29 is 45.2 Å². The number of para-hydroxylation sites is 4. The van der Waals surface area contributed by atoms with Crippen LogP contribution < -0.4 is 29.8 Å². The Morgan fingerprint density at radius 1 is 0.557 bits per heavy atom. The maximum atomic E-state index is 11.3. The van der Waals surface area contributed by atoms with Crippen molar-refractivity contribution in [3.8, 4) is 0 Å².